The van der Waals surface area contributed by atoms with Gasteiger partial charge in [0.15, 0.2) is 11.5 Å². The van der Waals surface area contributed by atoms with Gasteiger partial charge in [-0.05, 0) is 0 Å². The number of anilines is 1. The van der Waals surface area contributed by atoms with Crippen LogP contribution in [0.1, 0.15) is 0 Å². The highest BCUT2D eigenvalue weighted by molar-refractivity contribution is 5.75. The maximum Gasteiger partial charge on any atom is 0.573 e. The summed E-state index contributed by atoms with van der Waals surface area (Å²) in [5.41, 5.74) is -0.780. The Morgan fingerprint density at radius 2 is 1.12 bits per heavy atom. The van der Waals surface area contributed by atoms with E-state index in [-0.39, 0.29) is 18.5 Å². The van der Waals surface area contributed by atoms with Gasteiger partial charge in [0.25, 0.3) is 0 Å². The smallest absolute Gasteiger partial charge is 0.402 e. The van der Waals surface area contributed by atoms with Gasteiger partial charge < -0.3 is 19.5 Å². The zero-order valence-corrected chi connectivity index (χ0v) is 10.8. The predicted molar refractivity (Wildman–Crippen MR) is 56.2 cm³/mol. The third-order valence-electron chi connectivity index (χ3n) is 1.92. The van der Waals surface area contributed by atoms with Crippen LogP contribution in [-0.2, 0) is 4.79 Å². The summed E-state index contributed by atoms with van der Waals surface area (Å²) in [7, 11) is 0. The van der Waals surface area contributed by atoms with Gasteiger partial charge in [-0.25, -0.2) is 0 Å². The summed E-state index contributed by atoms with van der Waals surface area (Å²) in [4.78, 5) is 10.2. The molecule has 0 heterocycles. The molecule has 5 nitrogen and oxygen atoms in total. The fraction of sp³-hybridized carbons (Fsp3) is 0.300. The molecule has 14 heteroatoms. The predicted octanol–water partition coefficient (Wildman–Crippen LogP) is 3.95. The van der Waals surface area contributed by atoms with E-state index in [4.69, 9.17) is 0 Å². The van der Waals surface area contributed by atoms with Gasteiger partial charge in [0.05, 0.1) is 0 Å². The molecule has 0 saturated carbocycles. The van der Waals surface area contributed by atoms with Gasteiger partial charge in [-0.3, -0.25) is 4.79 Å². The Morgan fingerprint density at radius 3 is 1.42 bits per heavy atom. The van der Waals surface area contributed by atoms with E-state index in [1.165, 1.54) is 0 Å². The van der Waals surface area contributed by atoms with Crippen LogP contribution in [0.25, 0.3) is 0 Å². The summed E-state index contributed by atoms with van der Waals surface area (Å²) in [5, 5.41) is 1.64. The number of hydrogen-bond acceptors (Lipinski definition) is 4. The minimum absolute atomic E-state index is 0.158. The lowest BCUT2D eigenvalue weighted by Crippen LogP contribution is -2.24. The Hall–Kier alpha value is -2.54. The molecule has 1 aromatic rings. The molecule has 0 saturated heterocycles. The van der Waals surface area contributed by atoms with Crippen molar-refractivity contribution in [3.8, 4) is 17.2 Å². The topological polar surface area (TPSA) is 56.8 Å². The minimum Gasteiger partial charge on any atom is -0.402 e. The number of carbonyl (C=O) groups excluding carboxylic acids is 1. The van der Waals surface area contributed by atoms with Crippen molar-refractivity contribution in [2.75, 3.05) is 5.32 Å². The lowest BCUT2D eigenvalue weighted by atomic mass is 10.2. The zero-order valence-electron chi connectivity index (χ0n) is 10.8. The van der Waals surface area contributed by atoms with Crippen LogP contribution in [0.15, 0.2) is 12.1 Å². The summed E-state index contributed by atoms with van der Waals surface area (Å²) in [6.07, 6.45) is -17.0. The van der Waals surface area contributed by atoms with Gasteiger partial charge in [0.2, 0.25) is 12.2 Å². The monoisotopic (exact) mass is 373 g/mol. The molecule has 0 atom stereocenters. The maximum atomic E-state index is 12.2. The van der Waals surface area contributed by atoms with Crippen molar-refractivity contribution in [2.24, 2.45) is 0 Å². The SMILES string of the molecule is O=CNc1cc(OC(F)(F)F)c(OC(F)(F)F)c(OC(F)(F)F)c1. The molecular formula is C10H4F9NO4. The molecule has 0 aliphatic heterocycles. The Kier molecular flexibility index (Phi) is 5.30. The summed E-state index contributed by atoms with van der Waals surface area (Å²) < 4.78 is 120. The van der Waals surface area contributed by atoms with Gasteiger partial charge in [-0.15, -0.1) is 39.5 Å². The van der Waals surface area contributed by atoms with Gasteiger partial charge in [-0.1, -0.05) is 0 Å². The molecule has 24 heavy (non-hydrogen) atoms. The van der Waals surface area contributed by atoms with E-state index in [0.29, 0.717) is 0 Å². The highest BCUT2D eigenvalue weighted by atomic mass is 19.4. The first kappa shape index (κ1) is 19.5. The van der Waals surface area contributed by atoms with Crippen molar-refractivity contribution in [3.05, 3.63) is 12.1 Å². The van der Waals surface area contributed by atoms with E-state index < -0.39 is 42.0 Å². The molecule has 0 fully saturated rings. The second-order valence-corrected chi connectivity index (χ2v) is 3.71. The number of carbonyl (C=O) groups is 1. The van der Waals surface area contributed by atoms with Gasteiger partial charge in [0.1, 0.15) is 0 Å². The van der Waals surface area contributed by atoms with Crippen LogP contribution >= 0.6 is 0 Å². The Bertz CT molecular complexity index is 556. The summed E-state index contributed by atoms with van der Waals surface area (Å²) in [6, 6.07) is 0.318. The molecule has 1 N–H and O–H groups in total. The van der Waals surface area contributed by atoms with Gasteiger partial charge >= 0.3 is 19.1 Å². The third-order valence-corrected chi connectivity index (χ3v) is 1.92. The first-order valence-electron chi connectivity index (χ1n) is 5.35. The molecule has 0 unspecified atom stereocenters. The third kappa shape index (κ3) is 6.70. The number of rotatable bonds is 5. The highest BCUT2D eigenvalue weighted by Crippen LogP contribution is 2.46. The number of nitrogens with one attached hydrogen (secondary N) is 1. The highest BCUT2D eigenvalue weighted by Gasteiger charge is 2.41. The van der Waals surface area contributed by atoms with E-state index in [2.05, 4.69) is 14.2 Å². The minimum atomic E-state index is -5.66. The zero-order chi connectivity index (χ0) is 18.8. The number of halogens is 9. The molecule has 1 rings (SSSR count). The standard InChI is InChI=1S/C10H4F9NO4/c11-8(12,13)22-5-1-4(20-3-21)2-6(23-9(14,15)16)7(5)24-10(17,18)19/h1-3H,(H,20,21). The molecule has 0 aromatic heterocycles. The maximum absolute atomic E-state index is 12.2. The number of alkyl halides is 9. The summed E-state index contributed by atoms with van der Waals surface area (Å²) in [5.74, 6) is -5.66. The molecule has 0 bridgehead atoms. The van der Waals surface area contributed by atoms with Crippen LogP contribution in [0.2, 0.25) is 0 Å². The number of amides is 1. The molecule has 136 valence electrons. The van der Waals surface area contributed by atoms with Crippen molar-refractivity contribution in [3.63, 3.8) is 0 Å². The fourth-order valence-electron chi connectivity index (χ4n) is 1.35. The molecular weight excluding hydrogens is 369 g/mol. The molecule has 0 aliphatic rings. The number of ether oxygens (including phenoxy) is 3. The van der Waals surface area contributed by atoms with Gasteiger partial charge in [0, 0.05) is 17.8 Å². The molecule has 0 radical (unpaired) electrons. The molecule has 1 aromatic carbocycles. The second kappa shape index (κ2) is 6.52. The second-order valence-electron chi connectivity index (χ2n) is 3.71. The Labute approximate surface area is 125 Å². The largest absolute Gasteiger partial charge is 0.573 e. The van der Waals surface area contributed by atoms with Gasteiger partial charge in [-0.2, -0.15) is 0 Å². The van der Waals surface area contributed by atoms with E-state index in [0.717, 1.165) is 0 Å². The van der Waals surface area contributed by atoms with Crippen LogP contribution in [0.4, 0.5) is 45.2 Å². The van der Waals surface area contributed by atoms with Crippen LogP contribution in [0, 0.1) is 0 Å². The van der Waals surface area contributed by atoms with E-state index in [9.17, 15) is 44.3 Å². The van der Waals surface area contributed by atoms with E-state index >= 15 is 0 Å². The molecule has 1 amide bonds. The van der Waals surface area contributed by atoms with Crippen LogP contribution in [-0.4, -0.2) is 25.5 Å². The molecule has 0 spiro atoms. The lowest BCUT2D eigenvalue weighted by molar-refractivity contribution is -0.293. The Balaban J connectivity index is 3.51. The van der Waals surface area contributed by atoms with Crippen molar-refractivity contribution in [1.29, 1.82) is 0 Å². The fourth-order valence-corrected chi connectivity index (χ4v) is 1.35. The normalized spacial score (nSPS) is 12.5. The first-order valence-corrected chi connectivity index (χ1v) is 5.35. The number of benzene rings is 1. The average molecular weight is 373 g/mol. The van der Waals surface area contributed by atoms with Crippen molar-refractivity contribution < 1.29 is 58.5 Å². The Morgan fingerprint density at radius 1 is 0.750 bits per heavy atom. The number of hydrogen-bond donors (Lipinski definition) is 1. The average Bonchev–Trinajstić information content (AvgIpc) is 2.28. The molecule has 0 aliphatic carbocycles. The quantitative estimate of drug-likeness (QED) is 0.627. The van der Waals surface area contributed by atoms with Crippen LogP contribution < -0.4 is 19.5 Å². The van der Waals surface area contributed by atoms with Crippen molar-refractivity contribution in [1.82, 2.24) is 0 Å². The van der Waals surface area contributed by atoms with E-state index in [1.807, 2.05) is 0 Å². The van der Waals surface area contributed by atoms with Crippen molar-refractivity contribution in [2.45, 2.75) is 19.1 Å². The summed E-state index contributed by atoms with van der Waals surface area (Å²) in [6.45, 7) is 0. The van der Waals surface area contributed by atoms with Crippen LogP contribution in [0.3, 0.4) is 0 Å². The summed E-state index contributed by atoms with van der Waals surface area (Å²) >= 11 is 0. The van der Waals surface area contributed by atoms with Crippen molar-refractivity contribution >= 4 is 12.1 Å². The van der Waals surface area contributed by atoms with Crippen LogP contribution in [0.5, 0.6) is 17.2 Å². The first-order chi connectivity index (χ1) is 10.7. The lowest BCUT2D eigenvalue weighted by Gasteiger charge is -2.20. The van der Waals surface area contributed by atoms with E-state index in [1.54, 1.807) is 5.32 Å².